The lowest BCUT2D eigenvalue weighted by molar-refractivity contribution is 0.582. The monoisotopic (exact) mass is 242 g/mol. The number of nitrogens with one attached hydrogen (secondary N) is 1. The van der Waals surface area contributed by atoms with Gasteiger partial charge in [-0.15, -0.1) is 0 Å². The normalized spacial score (nSPS) is 11.3. The first-order chi connectivity index (χ1) is 7.60. The van der Waals surface area contributed by atoms with Gasteiger partial charge >= 0.3 is 0 Å². The van der Waals surface area contributed by atoms with Crippen LogP contribution < -0.4 is 4.72 Å². The minimum atomic E-state index is -3.51. The number of aryl methyl sites for hydroxylation is 1. The van der Waals surface area contributed by atoms with E-state index in [1.54, 1.807) is 24.3 Å². The van der Waals surface area contributed by atoms with Crippen LogP contribution in [0.25, 0.3) is 0 Å². The van der Waals surface area contributed by atoms with Crippen LogP contribution in [0.1, 0.15) is 12.5 Å². The first kappa shape index (κ1) is 12.8. The third-order valence-corrected chi connectivity index (χ3v) is 3.61. The maximum atomic E-state index is 11.7. The smallest absolute Gasteiger partial charge is 0.209 e. The van der Waals surface area contributed by atoms with Gasteiger partial charge in [0.2, 0.25) is 10.0 Å². The molecule has 88 valence electrons. The average molecular weight is 242 g/mol. The van der Waals surface area contributed by atoms with E-state index in [4.69, 9.17) is 0 Å². The largest absolute Gasteiger partial charge is 0.240 e. The molecule has 1 aromatic carbocycles. The van der Waals surface area contributed by atoms with E-state index in [1.165, 1.54) is 0 Å². The highest BCUT2D eigenvalue weighted by Crippen LogP contribution is 2.10. The second kappa shape index (κ2) is 5.72. The van der Waals surface area contributed by atoms with Crippen LogP contribution in [0.15, 0.2) is 34.3 Å². The van der Waals surface area contributed by atoms with E-state index in [0.717, 1.165) is 12.0 Å². The predicted molar refractivity (Wildman–Crippen MR) is 61.7 cm³/mol. The molecule has 16 heavy (non-hydrogen) atoms. The van der Waals surface area contributed by atoms with Gasteiger partial charge in [0.05, 0.1) is 11.4 Å². The van der Waals surface area contributed by atoms with Crippen LogP contribution in [-0.2, 0) is 16.4 Å². The van der Waals surface area contributed by atoms with Crippen molar-refractivity contribution in [3.05, 3.63) is 34.7 Å². The molecule has 5 nitrogen and oxygen atoms in total. The number of rotatable bonds is 6. The van der Waals surface area contributed by atoms with E-state index in [2.05, 4.69) is 9.90 Å². The fourth-order valence-electron chi connectivity index (χ4n) is 1.21. The summed E-state index contributed by atoms with van der Waals surface area (Å²) >= 11 is 0. The van der Waals surface area contributed by atoms with E-state index in [0.29, 0.717) is 0 Å². The lowest BCUT2D eigenvalue weighted by atomic mass is 10.2. The van der Waals surface area contributed by atoms with Gasteiger partial charge in [0.15, 0.2) is 0 Å². The minimum Gasteiger partial charge on any atom is -0.209 e. The van der Waals surface area contributed by atoms with Crippen LogP contribution in [0.4, 0.5) is 0 Å². The molecule has 0 atom stereocenters. The Morgan fingerprint density at radius 1 is 1.25 bits per heavy atom. The Bertz CT molecular complexity index is 440. The zero-order valence-corrected chi connectivity index (χ0v) is 9.83. The highest BCUT2D eigenvalue weighted by Gasteiger charge is 2.12. The summed E-state index contributed by atoms with van der Waals surface area (Å²) in [5.74, 6) is 0. The van der Waals surface area contributed by atoms with Crippen molar-refractivity contribution in [1.29, 1.82) is 0 Å². The number of nitrogens with zero attached hydrogens (tertiary/aromatic N) is 1. The molecule has 1 aromatic rings. The van der Waals surface area contributed by atoms with Gasteiger partial charge in [-0.25, -0.2) is 13.1 Å². The Labute approximate surface area is 94.9 Å². The Morgan fingerprint density at radius 3 is 2.38 bits per heavy atom. The van der Waals surface area contributed by atoms with Gasteiger partial charge in [-0.05, 0) is 24.1 Å². The molecule has 0 aliphatic carbocycles. The Kier molecular flexibility index (Phi) is 4.57. The molecule has 0 heterocycles. The number of hydrogen-bond donors (Lipinski definition) is 1. The number of nitroso groups, excluding NO2 is 1. The van der Waals surface area contributed by atoms with Crippen molar-refractivity contribution in [1.82, 2.24) is 4.72 Å². The number of sulfonamides is 1. The molecule has 0 saturated heterocycles. The summed E-state index contributed by atoms with van der Waals surface area (Å²) in [5.41, 5.74) is 1.08. The number of hydrogen-bond acceptors (Lipinski definition) is 4. The lowest BCUT2D eigenvalue weighted by Gasteiger charge is -2.05. The molecule has 1 N–H and O–H groups in total. The lowest BCUT2D eigenvalue weighted by Crippen LogP contribution is -2.26. The molecule has 0 radical (unpaired) electrons. The molecular formula is C10H14N2O3S. The first-order valence-corrected chi connectivity index (χ1v) is 6.46. The van der Waals surface area contributed by atoms with E-state index < -0.39 is 10.0 Å². The molecule has 0 unspecified atom stereocenters. The van der Waals surface area contributed by atoms with Crippen LogP contribution >= 0.6 is 0 Å². The third-order valence-electron chi connectivity index (χ3n) is 2.14. The average Bonchev–Trinajstić information content (AvgIpc) is 2.29. The van der Waals surface area contributed by atoms with Gasteiger partial charge in [0, 0.05) is 6.54 Å². The predicted octanol–water partition coefficient (Wildman–Crippen LogP) is 1.29. The zero-order chi connectivity index (χ0) is 12.0. The summed E-state index contributed by atoms with van der Waals surface area (Å²) in [7, 11) is -3.51. The van der Waals surface area contributed by atoms with Crippen LogP contribution in [-0.4, -0.2) is 21.5 Å². The molecule has 0 saturated carbocycles. The summed E-state index contributed by atoms with van der Waals surface area (Å²) in [6.07, 6.45) is 0.864. The van der Waals surface area contributed by atoms with E-state index in [9.17, 15) is 13.3 Å². The fourth-order valence-corrected chi connectivity index (χ4v) is 2.23. The van der Waals surface area contributed by atoms with Gasteiger partial charge in [-0.3, -0.25) is 0 Å². The first-order valence-electron chi connectivity index (χ1n) is 4.98. The molecule has 0 bridgehead atoms. The van der Waals surface area contributed by atoms with Crippen molar-refractivity contribution < 1.29 is 8.42 Å². The van der Waals surface area contributed by atoms with E-state index in [1.807, 2.05) is 6.92 Å². The summed E-state index contributed by atoms with van der Waals surface area (Å²) < 4.78 is 25.6. The SMILES string of the molecule is CCc1ccc(S(=O)(=O)NCCN=O)cc1. The van der Waals surface area contributed by atoms with Gasteiger partial charge in [-0.2, -0.15) is 4.91 Å². The highest BCUT2D eigenvalue weighted by atomic mass is 32.2. The van der Waals surface area contributed by atoms with E-state index in [-0.39, 0.29) is 18.0 Å². The molecule has 1 rings (SSSR count). The summed E-state index contributed by atoms with van der Waals surface area (Å²) in [5, 5.41) is 2.58. The molecular weight excluding hydrogens is 228 g/mol. The van der Waals surface area contributed by atoms with Crippen molar-refractivity contribution in [3.8, 4) is 0 Å². The van der Waals surface area contributed by atoms with Gasteiger partial charge in [0.25, 0.3) is 0 Å². The van der Waals surface area contributed by atoms with Crippen molar-refractivity contribution in [2.24, 2.45) is 5.18 Å². The summed E-state index contributed by atoms with van der Waals surface area (Å²) in [6.45, 7) is 1.96. The zero-order valence-electron chi connectivity index (χ0n) is 9.01. The molecule has 0 spiro atoms. The second-order valence-electron chi connectivity index (χ2n) is 3.25. The molecule has 6 heteroatoms. The fraction of sp³-hybridized carbons (Fsp3) is 0.400. The molecule has 0 aliphatic rings. The van der Waals surface area contributed by atoms with Gasteiger partial charge < -0.3 is 0 Å². The van der Waals surface area contributed by atoms with Crippen molar-refractivity contribution >= 4 is 10.0 Å². The quantitative estimate of drug-likeness (QED) is 0.603. The molecule has 0 fully saturated rings. The second-order valence-corrected chi connectivity index (χ2v) is 5.01. The van der Waals surface area contributed by atoms with Crippen molar-refractivity contribution in [3.63, 3.8) is 0 Å². The van der Waals surface area contributed by atoms with Crippen LogP contribution in [0.2, 0.25) is 0 Å². The number of benzene rings is 1. The maximum Gasteiger partial charge on any atom is 0.240 e. The minimum absolute atomic E-state index is 0.0291. The Morgan fingerprint density at radius 2 is 1.88 bits per heavy atom. The van der Waals surface area contributed by atoms with Gasteiger partial charge in [-0.1, -0.05) is 24.2 Å². The highest BCUT2D eigenvalue weighted by molar-refractivity contribution is 7.89. The van der Waals surface area contributed by atoms with Crippen LogP contribution in [0, 0.1) is 4.91 Å². The standard InChI is InChI=1S/C10H14N2O3S/c1-2-9-3-5-10(6-4-9)16(14,15)12-8-7-11-13/h3-6,12H,2,7-8H2,1H3. The topological polar surface area (TPSA) is 75.6 Å². The van der Waals surface area contributed by atoms with E-state index >= 15 is 0 Å². The molecule has 0 aromatic heterocycles. The van der Waals surface area contributed by atoms with Crippen LogP contribution in [0.3, 0.4) is 0 Å². The Balaban J connectivity index is 2.77. The van der Waals surface area contributed by atoms with Gasteiger partial charge in [0.1, 0.15) is 0 Å². The van der Waals surface area contributed by atoms with Crippen molar-refractivity contribution in [2.75, 3.05) is 13.1 Å². The third kappa shape index (κ3) is 3.39. The summed E-state index contributed by atoms with van der Waals surface area (Å²) in [6, 6.07) is 6.64. The van der Waals surface area contributed by atoms with Crippen molar-refractivity contribution in [2.45, 2.75) is 18.2 Å². The maximum absolute atomic E-state index is 11.7. The van der Waals surface area contributed by atoms with Crippen LogP contribution in [0.5, 0.6) is 0 Å². The molecule has 0 amide bonds. The Hall–Kier alpha value is -1.27. The molecule has 0 aliphatic heterocycles. The summed E-state index contributed by atoms with van der Waals surface area (Å²) in [4.78, 5) is 10.0.